The van der Waals surface area contributed by atoms with Crippen LogP contribution in [0.15, 0.2) is 53.4 Å². The van der Waals surface area contributed by atoms with Crippen molar-refractivity contribution in [2.75, 3.05) is 18.4 Å². The van der Waals surface area contributed by atoms with E-state index in [1.807, 2.05) is 13.0 Å². The fourth-order valence-electron chi connectivity index (χ4n) is 3.08. The molecular weight excluding hydrogens is 372 g/mol. The number of halogens is 1. The molecule has 1 heterocycles. The van der Waals surface area contributed by atoms with E-state index >= 15 is 0 Å². The second kappa shape index (κ2) is 7.78. The lowest BCUT2D eigenvalue weighted by molar-refractivity contribution is -0.120. The number of aryl methyl sites for hydroxylation is 1. The number of hydrogen-bond acceptors (Lipinski definition) is 3. The molecule has 1 amide bonds. The van der Waals surface area contributed by atoms with Crippen LogP contribution in [-0.2, 0) is 14.8 Å². The van der Waals surface area contributed by atoms with E-state index in [4.69, 9.17) is 11.6 Å². The van der Waals surface area contributed by atoms with E-state index in [1.165, 1.54) is 4.31 Å². The number of amides is 1. The van der Waals surface area contributed by atoms with Gasteiger partial charge in [-0.25, -0.2) is 8.42 Å². The van der Waals surface area contributed by atoms with E-state index in [0.29, 0.717) is 30.1 Å². The fourth-order valence-corrected chi connectivity index (χ4v) is 4.80. The molecule has 138 valence electrons. The van der Waals surface area contributed by atoms with Crippen LogP contribution < -0.4 is 5.32 Å². The predicted molar refractivity (Wildman–Crippen MR) is 103 cm³/mol. The molecule has 0 aromatic heterocycles. The lowest BCUT2D eigenvalue weighted by atomic mass is 9.98. The van der Waals surface area contributed by atoms with Gasteiger partial charge in [0.25, 0.3) is 0 Å². The molecule has 7 heteroatoms. The van der Waals surface area contributed by atoms with Crippen LogP contribution in [0, 0.1) is 12.8 Å². The van der Waals surface area contributed by atoms with Crippen molar-refractivity contribution in [3.63, 3.8) is 0 Å². The molecule has 1 aliphatic rings. The molecule has 2 aromatic carbocycles. The molecule has 26 heavy (non-hydrogen) atoms. The first kappa shape index (κ1) is 18.9. The van der Waals surface area contributed by atoms with Crippen LogP contribution in [0.4, 0.5) is 5.69 Å². The van der Waals surface area contributed by atoms with Crippen LogP contribution in [0.2, 0.25) is 5.02 Å². The predicted octanol–water partition coefficient (Wildman–Crippen LogP) is 3.69. The number of nitrogens with one attached hydrogen (secondary N) is 1. The third-order valence-corrected chi connectivity index (χ3v) is 6.71. The Labute approximate surface area is 159 Å². The molecule has 1 N–H and O–H groups in total. The molecule has 0 saturated carbocycles. The second-order valence-corrected chi connectivity index (χ2v) is 8.84. The van der Waals surface area contributed by atoms with Crippen molar-refractivity contribution in [3.8, 4) is 0 Å². The van der Waals surface area contributed by atoms with Crippen LogP contribution in [0.25, 0.3) is 0 Å². The third-order valence-electron chi connectivity index (χ3n) is 4.59. The minimum absolute atomic E-state index is 0.177. The van der Waals surface area contributed by atoms with Crippen molar-refractivity contribution in [2.45, 2.75) is 24.7 Å². The van der Waals surface area contributed by atoms with E-state index in [0.717, 1.165) is 5.56 Å². The van der Waals surface area contributed by atoms with E-state index in [1.54, 1.807) is 42.5 Å². The number of hydrogen-bond donors (Lipinski definition) is 1. The molecule has 3 rings (SSSR count). The number of carbonyl (C=O) groups is 1. The van der Waals surface area contributed by atoms with Crippen LogP contribution in [0.1, 0.15) is 18.4 Å². The molecule has 1 aliphatic heterocycles. The number of rotatable bonds is 4. The van der Waals surface area contributed by atoms with Gasteiger partial charge in [-0.1, -0.05) is 35.9 Å². The Morgan fingerprint density at radius 3 is 2.65 bits per heavy atom. The number of benzene rings is 2. The van der Waals surface area contributed by atoms with Crippen molar-refractivity contribution in [1.29, 1.82) is 0 Å². The Balaban J connectivity index is 1.74. The fraction of sp³-hybridized carbons (Fsp3) is 0.316. The highest BCUT2D eigenvalue weighted by Crippen LogP contribution is 2.26. The van der Waals surface area contributed by atoms with Crippen molar-refractivity contribution in [1.82, 2.24) is 4.31 Å². The Morgan fingerprint density at radius 2 is 1.92 bits per heavy atom. The summed E-state index contributed by atoms with van der Waals surface area (Å²) in [6.07, 6.45) is 1.31. The summed E-state index contributed by atoms with van der Waals surface area (Å²) in [6, 6.07) is 13.6. The van der Waals surface area contributed by atoms with Gasteiger partial charge >= 0.3 is 0 Å². The number of nitrogens with zero attached hydrogens (tertiary/aromatic N) is 1. The molecule has 1 atom stereocenters. The number of carbonyl (C=O) groups excluding carboxylic acids is 1. The average molecular weight is 393 g/mol. The minimum atomic E-state index is -3.58. The summed E-state index contributed by atoms with van der Waals surface area (Å²) in [5, 5.41) is 3.43. The summed E-state index contributed by atoms with van der Waals surface area (Å²) < 4.78 is 27.0. The van der Waals surface area contributed by atoms with Gasteiger partial charge in [-0.05, 0) is 49.6 Å². The molecule has 0 aliphatic carbocycles. The first-order valence-corrected chi connectivity index (χ1v) is 10.3. The second-order valence-electron chi connectivity index (χ2n) is 6.46. The van der Waals surface area contributed by atoms with Gasteiger partial charge in [0.1, 0.15) is 0 Å². The Hall–Kier alpha value is -1.89. The Bertz CT molecular complexity index is 900. The quantitative estimate of drug-likeness (QED) is 0.862. The van der Waals surface area contributed by atoms with Gasteiger partial charge in [0.15, 0.2) is 0 Å². The summed E-state index contributed by atoms with van der Waals surface area (Å²) in [7, 11) is -3.58. The first-order valence-electron chi connectivity index (χ1n) is 8.50. The highest BCUT2D eigenvalue weighted by Gasteiger charge is 2.33. The molecule has 5 nitrogen and oxygen atoms in total. The normalized spacial score (nSPS) is 18.5. The highest BCUT2D eigenvalue weighted by atomic mass is 35.5. The maximum Gasteiger partial charge on any atom is 0.243 e. The van der Waals surface area contributed by atoms with Crippen LogP contribution in [-0.4, -0.2) is 31.7 Å². The standard InChI is InChI=1S/C19H21ClN2O3S/c1-14-9-10-16(20)12-18(14)21-19(23)15-6-5-11-22(13-15)26(24,25)17-7-3-2-4-8-17/h2-4,7-10,12,15H,5-6,11,13H2,1H3,(H,21,23)/t15-/m1/s1. The summed E-state index contributed by atoms with van der Waals surface area (Å²) in [5.74, 6) is -0.566. The Kier molecular flexibility index (Phi) is 5.65. The zero-order valence-corrected chi connectivity index (χ0v) is 16.1. The molecule has 0 unspecified atom stereocenters. The first-order chi connectivity index (χ1) is 12.4. The van der Waals surface area contributed by atoms with Gasteiger partial charge in [0, 0.05) is 23.8 Å². The van der Waals surface area contributed by atoms with Gasteiger partial charge in [-0.15, -0.1) is 0 Å². The average Bonchev–Trinajstić information content (AvgIpc) is 2.65. The van der Waals surface area contributed by atoms with Crippen molar-refractivity contribution in [2.24, 2.45) is 5.92 Å². The van der Waals surface area contributed by atoms with Gasteiger partial charge in [-0.3, -0.25) is 4.79 Å². The number of sulfonamides is 1. The van der Waals surface area contributed by atoms with E-state index in [2.05, 4.69) is 5.32 Å². The smallest absolute Gasteiger partial charge is 0.243 e. The molecular formula is C19H21ClN2O3S. The summed E-state index contributed by atoms with van der Waals surface area (Å²) in [5.41, 5.74) is 1.57. The minimum Gasteiger partial charge on any atom is -0.326 e. The van der Waals surface area contributed by atoms with Crippen molar-refractivity contribution >= 4 is 33.2 Å². The lowest BCUT2D eigenvalue weighted by Gasteiger charge is -2.31. The monoisotopic (exact) mass is 392 g/mol. The molecule has 1 fully saturated rings. The molecule has 0 spiro atoms. The van der Waals surface area contributed by atoms with E-state index in [9.17, 15) is 13.2 Å². The summed E-state index contributed by atoms with van der Waals surface area (Å²) >= 11 is 6.00. The van der Waals surface area contributed by atoms with Crippen molar-refractivity contribution < 1.29 is 13.2 Å². The van der Waals surface area contributed by atoms with Gasteiger partial charge < -0.3 is 5.32 Å². The van der Waals surface area contributed by atoms with E-state index in [-0.39, 0.29) is 23.3 Å². The lowest BCUT2D eigenvalue weighted by Crippen LogP contribution is -2.43. The van der Waals surface area contributed by atoms with Gasteiger partial charge in [0.05, 0.1) is 10.8 Å². The molecule has 2 aromatic rings. The maximum atomic E-state index is 12.8. The third kappa shape index (κ3) is 4.09. The van der Waals surface area contributed by atoms with Crippen LogP contribution >= 0.6 is 11.6 Å². The van der Waals surface area contributed by atoms with Crippen LogP contribution in [0.3, 0.4) is 0 Å². The summed E-state index contributed by atoms with van der Waals surface area (Å²) in [4.78, 5) is 12.9. The topological polar surface area (TPSA) is 66.5 Å². The largest absolute Gasteiger partial charge is 0.326 e. The zero-order valence-electron chi connectivity index (χ0n) is 14.5. The van der Waals surface area contributed by atoms with Gasteiger partial charge in [-0.2, -0.15) is 4.31 Å². The van der Waals surface area contributed by atoms with Crippen molar-refractivity contribution in [3.05, 3.63) is 59.1 Å². The number of piperidine rings is 1. The highest BCUT2D eigenvalue weighted by molar-refractivity contribution is 7.89. The zero-order chi connectivity index (χ0) is 18.7. The molecule has 1 saturated heterocycles. The SMILES string of the molecule is Cc1ccc(Cl)cc1NC(=O)[C@@H]1CCCN(S(=O)(=O)c2ccccc2)C1. The Morgan fingerprint density at radius 1 is 1.19 bits per heavy atom. The number of anilines is 1. The molecule has 0 radical (unpaired) electrons. The molecule has 0 bridgehead atoms. The van der Waals surface area contributed by atoms with Crippen LogP contribution in [0.5, 0.6) is 0 Å². The summed E-state index contributed by atoms with van der Waals surface area (Å²) in [6.45, 7) is 2.50. The van der Waals surface area contributed by atoms with Gasteiger partial charge in [0.2, 0.25) is 15.9 Å². The maximum absolute atomic E-state index is 12.8. The van der Waals surface area contributed by atoms with E-state index < -0.39 is 10.0 Å².